The lowest BCUT2D eigenvalue weighted by molar-refractivity contribution is 0.475. The molecule has 1 rings (SSSR count). The number of hydrogen-bond acceptors (Lipinski definition) is 2. The Kier molecular flexibility index (Phi) is 4.25. The molecule has 0 spiro atoms. The molecule has 1 aromatic rings. The predicted molar refractivity (Wildman–Crippen MR) is 58.2 cm³/mol. The van der Waals surface area contributed by atoms with Gasteiger partial charge in [-0.15, -0.1) is 0 Å². The quantitative estimate of drug-likeness (QED) is 0.796. The summed E-state index contributed by atoms with van der Waals surface area (Å²) in [5.41, 5.74) is 1.19. The van der Waals surface area contributed by atoms with Crippen molar-refractivity contribution in [2.24, 2.45) is 0 Å². The molecular formula is C10H14BrNO. The Hall–Kier alpha value is -0.540. The predicted octanol–water partition coefficient (Wildman–Crippen LogP) is 2.27. The third-order valence-electron chi connectivity index (χ3n) is 1.82. The number of phenols is 1. The van der Waals surface area contributed by atoms with E-state index >= 15 is 0 Å². The van der Waals surface area contributed by atoms with E-state index in [-0.39, 0.29) is 0 Å². The van der Waals surface area contributed by atoms with Crippen molar-refractivity contribution in [2.75, 3.05) is 5.33 Å². The van der Waals surface area contributed by atoms with Crippen LogP contribution < -0.4 is 5.32 Å². The van der Waals surface area contributed by atoms with Gasteiger partial charge in [-0.3, -0.25) is 0 Å². The minimum atomic E-state index is 0.317. The Balaban J connectivity index is 2.41. The van der Waals surface area contributed by atoms with Crippen LogP contribution in [0.15, 0.2) is 24.3 Å². The molecule has 0 aliphatic rings. The van der Waals surface area contributed by atoms with Gasteiger partial charge in [0.15, 0.2) is 0 Å². The average molecular weight is 244 g/mol. The van der Waals surface area contributed by atoms with Crippen LogP contribution in [0.4, 0.5) is 0 Å². The molecule has 0 radical (unpaired) electrons. The molecule has 0 bridgehead atoms. The zero-order valence-corrected chi connectivity index (χ0v) is 9.21. The Bertz CT molecular complexity index is 248. The van der Waals surface area contributed by atoms with E-state index in [1.807, 2.05) is 12.1 Å². The van der Waals surface area contributed by atoms with Gasteiger partial charge in [-0.1, -0.05) is 28.1 Å². The van der Waals surface area contributed by atoms with Crippen LogP contribution in [0.2, 0.25) is 0 Å². The highest BCUT2D eigenvalue weighted by atomic mass is 79.9. The first-order valence-electron chi connectivity index (χ1n) is 4.29. The molecule has 13 heavy (non-hydrogen) atoms. The molecule has 0 fully saturated rings. The van der Waals surface area contributed by atoms with Crippen molar-refractivity contribution in [1.82, 2.24) is 5.32 Å². The van der Waals surface area contributed by atoms with Crippen molar-refractivity contribution in [1.29, 1.82) is 0 Å². The summed E-state index contributed by atoms with van der Waals surface area (Å²) in [7, 11) is 0. The summed E-state index contributed by atoms with van der Waals surface area (Å²) >= 11 is 3.40. The lowest BCUT2D eigenvalue weighted by atomic mass is 10.2. The molecule has 0 aliphatic carbocycles. The number of benzene rings is 1. The number of halogens is 1. The van der Waals surface area contributed by atoms with E-state index in [2.05, 4.69) is 28.2 Å². The smallest absolute Gasteiger partial charge is 0.115 e. The number of phenolic OH excluding ortho intramolecular Hbond substituents is 1. The molecule has 0 aliphatic heterocycles. The van der Waals surface area contributed by atoms with E-state index in [1.54, 1.807) is 12.1 Å². The summed E-state index contributed by atoms with van der Waals surface area (Å²) in [5, 5.41) is 13.3. The standard InChI is InChI=1S/C10H14BrNO/c1-8(6-11)12-7-9-2-4-10(13)5-3-9/h2-5,8,12-13H,6-7H2,1H3. The molecule has 0 saturated carbocycles. The topological polar surface area (TPSA) is 32.3 Å². The Labute approximate surface area is 87.1 Å². The first-order chi connectivity index (χ1) is 6.22. The number of hydrogen-bond donors (Lipinski definition) is 2. The fraction of sp³-hybridized carbons (Fsp3) is 0.400. The van der Waals surface area contributed by atoms with Crippen LogP contribution in [0.1, 0.15) is 12.5 Å². The summed E-state index contributed by atoms with van der Waals surface area (Å²) < 4.78 is 0. The summed E-state index contributed by atoms with van der Waals surface area (Å²) in [5.74, 6) is 0.317. The first-order valence-corrected chi connectivity index (χ1v) is 5.42. The Morgan fingerprint density at radius 1 is 1.38 bits per heavy atom. The zero-order chi connectivity index (χ0) is 9.68. The molecule has 0 heterocycles. The van der Waals surface area contributed by atoms with E-state index in [4.69, 9.17) is 5.11 Å². The highest BCUT2D eigenvalue weighted by Crippen LogP contribution is 2.09. The van der Waals surface area contributed by atoms with Gasteiger partial charge in [-0.25, -0.2) is 0 Å². The van der Waals surface area contributed by atoms with Crippen molar-refractivity contribution in [3.63, 3.8) is 0 Å². The molecule has 0 amide bonds. The summed E-state index contributed by atoms with van der Waals surface area (Å²) in [6, 6.07) is 7.71. The van der Waals surface area contributed by atoms with Crippen LogP contribution in [0.25, 0.3) is 0 Å². The number of aromatic hydroxyl groups is 1. The van der Waals surface area contributed by atoms with Crippen LogP contribution in [-0.4, -0.2) is 16.5 Å². The minimum Gasteiger partial charge on any atom is -0.508 e. The monoisotopic (exact) mass is 243 g/mol. The van der Waals surface area contributed by atoms with E-state index < -0.39 is 0 Å². The van der Waals surface area contributed by atoms with Gasteiger partial charge in [-0.05, 0) is 24.6 Å². The minimum absolute atomic E-state index is 0.317. The molecule has 1 atom stereocenters. The highest BCUT2D eigenvalue weighted by molar-refractivity contribution is 9.09. The van der Waals surface area contributed by atoms with Crippen LogP contribution >= 0.6 is 15.9 Å². The van der Waals surface area contributed by atoms with E-state index in [0.29, 0.717) is 11.8 Å². The third-order valence-corrected chi connectivity index (χ3v) is 2.79. The van der Waals surface area contributed by atoms with Crippen molar-refractivity contribution in [3.8, 4) is 5.75 Å². The second kappa shape index (κ2) is 5.25. The number of nitrogens with one attached hydrogen (secondary N) is 1. The van der Waals surface area contributed by atoms with Gasteiger partial charge in [0.25, 0.3) is 0 Å². The average Bonchev–Trinajstić information content (AvgIpc) is 2.16. The maximum Gasteiger partial charge on any atom is 0.115 e. The molecule has 3 heteroatoms. The molecule has 1 aromatic carbocycles. The summed E-state index contributed by atoms with van der Waals surface area (Å²) in [6.45, 7) is 2.96. The summed E-state index contributed by atoms with van der Waals surface area (Å²) in [4.78, 5) is 0. The van der Waals surface area contributed by atoms with E-state index in [0.717, 1.165) is 11.9 Å². The Morgan fingerprint density at radius 3 is 2.54 bits per heavy atom. The fourth-order valence-electron chi connectivity index (χ4n) is 0.960. The van der Waals surface area contributed by atoms with Gasteiger partial charge in [0.1, 0.15) is 5.75 Å². The van der Waals surface area contributed by atoms with Crippen LogP contribution in [-0.2, 0) is 6.54 Å². The van der Waals surface area contributed by atoms with Gasteiger partial charge in [0, 0.05) is 17.9 Å². The lowest BCUT2D eigenvalue weighted by Crippen LogP contribution is -2.26. The molecule has 1 unspecified atom stereocenters. The van der Waals surface area contributed by atoms with E-state index in [1.165, 1.54) is 5.56 Å². The van der Waals surface area contributed by atoms with E-state index in [9.17, 15) is 0 Å². The molecule has 0 aromatic heterocycles. The molecular weight excluding hydrogens is 230 g/mol. The van der Waals surface area contributed by atoms with Gasteiger partial charge in [0.05, 0.1) is 0 Å². The SMILES string of the molecule is CC(CBr)NCc1ccc(O)cc1. The van der Waals surface area contributed by atoms with Crippen LogP contribution in [0.3, 0.4) is 0 Å². The third kappa shape index (κ3) is 3.79. The van der Waals surface area contributed by atoms with Crippen molar-refractivity contribution < 1.29 is 5.11 Å². The largest absolute Gasteiger partial charge is 0.508 e. The lowest BCUT2D eigenvalue weighted by Gasteiger charge is -2.10. The normalized spacial score (nSPS) is 12.8. The molecule has 0 saturated heterocycles. The zero-order valence-electron chi connectivity index (χ0n) is 7.63. The van der Waals surface area contributed by atoms with Gasteiger partial charge < -0.3 is 10.4 Å². The fourth-order valence-corrected chi connectivity index (χ4v) is 1.19. The van der Waals surface area contributed by atoms with Crippen molar-refractivity contribution in [3.05, 3.63) is 29.8 Å². The number of alkyl halides is 1. The van der Waals surface area contributed by atoms with Gasteiger partial charge in [0.2, 0.25) is 0 Å². The second-order valence-corrected chi connectivity index (χ2v) is 3.75. The summed E-state index contributed by atoms with van der Waals surface area (Å²) in [6.07, 6.45) is 0. The van der Waals surface area contributed by atoms with Gasteiger partial charge in [-0.2, -0.15) is 0 Å². The molecule has 2 nitrogen and oxygen atoms in total. The van der Waals surface area contributed by atoms with Crippen LogP contribution in [0.5, 0.6) is 5.75 Å². The van der Waals surface area contributed by atoms with Crippen molar-refractivity contribution >= 4 is 15.9 Å². The Morgan fingerprint density at radius 2 is 2.00 bits per heavy atom. The van der Waals surface area contributed by atoms with Crippen LogP contribution in [0, 0.1) is 0 Å². The molecule has 72 valence electrons. The van der Waals surface area contributed by atoms with Gasteiger partial charge >= 0.3 is 0 Å². The maximum atomic E-state index is 9.05. The van der Waals surface area contributed by atoms with Crippen molar-refractivity contribution in [2.45, 2.75) is 19.5 Å². The maximum absolute atomic E-state index is 9.05. The second-order valence-electron chi connectivity index (χ2n) is 3.10. The molecule has 2 N–H and O–H groups in total. The first kappa shape index (κ1) is 10.5. The highest BCUT2D eigenvalue weighted by Gasteiger charge is 1.98. The number of rotatable bonds is 4.